The Morgan fingerprint density at radius 3 is 2.90 bits per heavy atom. The van der Waals surface area contributed by atoms with Crippen LogP contribution in [0.1, 0.15) is 21.8 Å². The maximum atomic E-state index is 12.2. The summed E-state index contributed by atoms with van der Waals surface area (Å²) in [6, 6.07) is 11.7. The van der Waals surface area contributed by atoms with E-state index in [1.807, 2.05) is 42.8 Å². The van der Waals surface area contributed by atoms with E-state index in [-0.39, 0.29) is 5.91 Å². The number of aryl methyl sites for hydroxylation is 2. The highest BCUT2D eigenvalue weighted by atomic mass is 16.3. The first kappa shape index (κ1) is 12.5. The summed E-state index contributed by atoms with van der Waals surface area (Å²) in [6.07, 6.45) is 1.60. The standard InChI is InChI=1S/C16H16N2O2/c1-11-5-6-14-12(8-11)9-15(18(14)2)16(19)17-10-13-4-3-7-20-13/h3-9H,10H2,1-2H3,(H,17,19). The Hall–Kier alpha value is -2.49. The second kappa shape index (κ2) is 4.89. The third kappa shape index (κ3) is 2.20. The molecule has 0 saturated heterocycles. The maximum absolute atomic E-state index is 12.2. The first-order valence-corrected chi connectivity index (χ1v) is 6.52. The summed E-state index contributed by atoms with van der Waals surface area (Å²) in [5, 5.41) is 3.94. The molecule has 102 valence electrons. The third-order valence-corrected chi connectivity index (χ3v) is 3.43. The van der Waals surface area contributed by atoms with Crippen LogP contribution in [0.4, 0.5) is 0 Å². The molecule has 0 aliphatic carbocycles. The van der Waals surface area contributed by atoms with E-state index >= 15 is 0 Å². The van der Waals surface area contributed by atoms with Crippen LogP contribution in [-0.4, -0.2) is 10.5 Å². The van der Waals surface area contributed by atoms with Crippen molar-refractivity contribution < 1.29 is 9.21 Å². The Balaban J connectivity index is 1.85. The third-order valence-electron chi connectivity index (χ3n) is 3.43. The van der Waals surface area contributed by atoms with Crippen molar-refractivity contribution in [1.82, 2.24) is 9.88 Å². The minimum absolute atomic E-state index is 0.0993. The molecular formula is C16H16N2O2. The molecule has 0 saturated carbocycles. The van der Waals surface area contributed by atoms with Crippen molar-refractivity contribution in [2.75, 3.05) is 0 Å². The molecule has 1 amide bonds. The Bertz CT molecular complexity index is 754. The number of nitrogens with one attached hydrogen (secondary N) is 1. The van der Waals surface area contributed by atoms with Gasteiger partial charge in [-0.2, -0.15) is 0 Å². The van der Waals surface area contributed by atoms with E-state index in [0.29, 0.717) is 12.2 Å². The molecule has 0 fully saturated rings. The fraction of sp³-hybridized carbons (Fsp3) is 0.188. The van der Waals surface area contributed by atoms with E-state index in [4.69, 9.17) is 4.42 Å². The van der Waals surface area contributed by atoms with Crippen LogP contribution in [0.25, 0.3) is 10.9 Å². The number of hydrogen-bond acceptors (Lipinski definition) is 2. The average molecular weight is 268 g/mol. The first-order valence-electron chi connectivity index (χ1n) is 6.52. The largest absolute Gasteiger partial charge is 0.467 e. The molecule has 0 bridgehead atoms. The summed E-state index contributed by atoms with van der Waals surface area (Å²) >= 11 is 0. The highest BCUT2D eigenvalue weighted by molar-refractivity contribution is 5.98. The predicted octanol–water partition coefficient (Wildman–Crippen LogP) is 3.01. The normalized spacial score (nSPS) is 10.9. The molecule has 20 heavy (non-hydrogen) atoms. The number of nitrogens with zero attached hydrogens (tertiary/aromatic N) is 1. The lowest BCUT2D eigenvalue weighted by Crippen LogP contribution is -2.24. The smallest absolute Gasteiger partial charge is 0.268 e. The number of hydrogen-bond donors (Lipinski definition) is 1. The number of carbonyl (C=O) groups is 1. The summed E-state index contributed by atoms with van der Waals surface area (Å²) in [5.74, 6) is 0.644. The zero-order valence-electron chi connectivity index (χ0n) is 11.5. The number of rotatable bonds is 3. The van der Waals surface area contributed by atoms with Gasteiger partial charge in [0, 0.05) is 18.0 Å². The fourth-order valence-electron chi connectivity index (χ4n) is 2.36. The van der Waals surface area contributed by atoms with Gasteiger partial charge >= 0.3 is 0 Å². The van der Waals surface area contributed by atoms with Gasteiger partial charge in [-0.15, -0.1) is 0 Å². The van der Waals surface area contributed by atoms with Gasteiger partial charge in [-0.05, 0) is 37.3 Å². The van der Waals surface area contributed by atoms with Gasteiger partial charge in [-0.1, -0.05) is 11.6 Å². The van der Waals surface area contributed by atoms with Gasteiger partial charge in [0.1, 0.15) is 11.5 Å². The quantitative estimate of drug-likeness (QED) is 0.793. The Morgan fingerprint density at radius 2 is 2.15 bits per heavy atom. The van der Waals surface area contributed by atoms with Crippen molar-refractivity contribution in [3.8, 4) is 0 Å². The summed E-state index contributed by atoms with van der Waals surface area (Å²) in [7, 11) is 1.90. The number of fused-ring (bicyclic) bond motifs is 1. The van der Waals surface area contributed by atoms with Crippen molar-refractivity contribution in [1.29, 1.82) is 0 Å². The molecule has 1 aromatic carbocycles. The summed E-state index contributed by atoms with van der Waals surface area (Å²) in [5.41, 5.74) is 2.89. The van der Waals surface area contributed by atoms with E-state index in [9.17, 15) is 4.79 Å². The highest BCUT2D eigenvalue weighted by Crippen LogP contribution is 2.20. The molecule has 2 aromatic heterocycles. The molecule has 1 N–H and O–H groups in total. The van der Waals surface area contributed by atoms with Gasteiger partial charge in [0.15, 0.2) is 0 Å². The highest BCUT2D eigenvalue weighted by Gasteiger charge is 2.13. The lowest BCUT2D eigenvalue weighted by molar-refractivity contribution is 0.0940. The van der Waals surface area contributed by atoms with Crippen molar-refractivity contribution in [2.24, 2.45) is 7.05 Å². The van der Waals surface area contributed by atoms with Gasteiger partial charge < -0.3 is 14.3 Å². The monoisotopic (exact) mass is 268 g/mol. The molecule has 0 atom stereocenters. The van der Waals surface area contributed by atoms with Crippen LogP contribution < -0.4 is 5.32 Å². The number of carbonyl (C=O) groups excluding carboxylic acids is 1. The number of amides is 1. The molecule has 3 rings (SSSR count). The first-order chi connectivity index (χ1) is 9.65. The lowest BCUT2D eigenvalue weighted by atomic mass is 10.2. The van der Waals surface area contributed by atoms with E-state index in [1.54, 1.807) is 12.3 Å². The van der Waals surface area contributed by atoms with Crippen LogP contribution in [0.5, 0.6) is 0 Å². The number of benzene rings is 1. The lowest BCUT2D eigenvalue weighted by Gasteiger charge is -2.05. The van der Waals surface area contributed by atoms with E-state index in [2.05, 4.69) is 11.4 Å². The Kier molecular flexibility index (Phi) is 3.06. The number of furan rings is 1. The van der Waals surface area contributed by atoms with Crippen molar-refractivity contribution in [3.63, 3.8) is 0 Å². The zero-order chi connectivity index (χ0) is 14.1. The molecule has 0 aliphatic heterocycles. The van der Waals surface area contributed by atoms with Gasteiger partial charge in [-0.25, -0.2) is 0 Å². The van der Waals surface area contributed by atoms with Crippen LogP contribution in [0.15, 0.2) is 47.1 Å². The Labute approximate surface area is 117 Å². The fourth-order valence-corrected chi connectivity index (χ4v) is 2.36. The topological polar surface area (TPSA) is 47.2 Å². The van der Waals surface area contributed by atoms with Gasteiger partial charge in [0.25, 0.3) is 5.91 Å². The summed E-state index contributed by atoms with van der Waals surface area (Å²) in [6.45, 7) is 2.44. The summed E-state index contributed by atoms with van der Waals surface area (Å²) in [4.78, 5) is 12.2. The summed E-state index contributed by atoms with van der Waals surface area (Å²) < 4.78 is 7.11. The van der Waals surface area contributed by atoms with Gasteiger partial charge in [-0.3, -0.25) is 4.79 Å². The zero-order valence-corrected chi connectivity index (χ0v) is 11.5. The average Bonchev–Trinajstić information content (AvgIpc) is 3.04. The molecule has 0 aliphatic rings. The molecule has 2 heterocycles. The molecule has 4 heteroatoms. The maximum Gasteiger partial charge on any atom is 0.268 e. The molecular weight excluding hydrogens is 252 g/mol. The van der Waals surface area contributed by atoms with Crippen molar-refractivity contribution in [3.05, 3.63) is 59.7 Å². The van der Waals surface area contributed by atoms with Crippen LogP contribution in [0.2, 0.25) is 0 Å². The molecule has 4 nitrogen and oxygen atoms in total. The van der Waals surface area contributed by atoms with Gasteiger partial charge in [0.2, 0.25) is 0 Å². The molecule has 0 spiro atoms. The van der Waals surface area contributed by atoms with Gasteiger partial charge in [0.05, 0.1) is 12.8 Å². The van der Waals surface area contributed by atoms with Crippen LogP contribution in [0, 0.1) is 6.92 Å². The van der Waals surface area contributed by atoms with Crippen LogP contribution in [-0.2, 0) is 13.6 Å². The van der Waals surface area contributed by atoms with Crippen LogP contribution >= 0.6 is 0 Å². The van der Waals surface area contributed by atoms with Crippen molar-refractivity contribution >= 4 is 16.8 Å². The second-order valence-corrected chi connectivity index (χ2v) is 4.91. The SMILES string of the molecule is Cc1ccc2c(c1)cc(C(=O)NCc1ccco1)n2C. The van der Waals surface area contributed by atoms with E-state index < -0.39 is 0 Å². The minimum atomic E-state index is -0.0993. The Morgan fingerprint density at radius 1 is 1.30 bits per heavy atom. The second-order valence-electron chi connectivity index (χ2n) is 4.91. The van der Waals surface area contributed by atoms with E-state index in [0.717, 1.165) is 16.7 Å². The van der Waals surface area contributed by atoms with Crippen molar-refractivity contribution in [2.45, 2.75) is 13.5 Å². The number of aromatic nitrogens is 1. The molecule has 0 unspecified atom stereocenters. The molecule has 3 aromatic rings. The van der Waals surface area contributed by atoms with E-state index in [1.165, 1.54) is 5.56 Å². The minimum Gasteiger partial charge on any atom is -0.467 e. The molecule has 0 radical (unpaired) electrons. The van der Waals surface area contributed by atoms with Crippen LogP contribution in [0.3, 0.4) is 0 Å². The predicted molar refractivity (Wildman–Crippen MR) is 77.5 cm³/mol.